The van der Waals surface area contributed by atoms with Crippen LogP contribution in [0.3, 0.4) is 0 Å². The second-order valence-corrected chi connectivity index (χ2v) is 7.15. The van der Waals surface area contributed by atoms with Crippen molar-refractivity contribution in [2.45, 2.75) is 37.9 Å². The van der Waals surface area contributed by atoms with Crippen molar-refractivity contribution in [2.75, 3.05) is 4.90 Å². The summed E-state index contributed by atoms with van der Waals surface area (Å²) < 4.78 is 6.06. The van der Waals surface area contributed by atoms with Gasteiger partial charge in [0.2, 0.25) is 11.8 Å². The number of amides is 2. The van der Waals surface area contributed by atoms with Crippen molar-refractivity contribution >= 4 is 17.5 Å². The maximum atomic E-state index is 13.0. The van der Waals surface area contributed by atoms with Gasteiger partial charge in [0.1, 0.15) is 12.1 Å². The third-order valence-corrected chi connectivity index (χ3v) is 5.71. The molecule has 2 bridgehead atoms. The van der Waals surface area contributed by atoms with Gasteiger partial charge in [-0.1, -0.05) is 0 Å². The molecule has 2 amide bonds. The first-order valence-electron chi connectivity index (χ1n) is 7.87. The van der Waals surface area contributed by atoms with Crippen LogP contribution in [0.2, 0.25) is 0 Å². The van der Waals surface area contributed by atoms with Gasteiger partial charge in [0.15, 0.2) is 0 Å². The van der Waals surface area contributed by atoms with Crippen LogP contribution in [0.15, 0.2) is 18.2 Å². The summed E-state index contributed by atoms with van der Waals surface area (Å²) in [5.41, 5.74) is -0.481. The highest BCUT2D eigenvalue weighted by Gasteiger charge is 2.72. The Morgan fingerprint density at radius 1 is 1.04 bits per heavy atom. The molecule has 3 fully saturated rings. The molecular weight excluding hydrogens is 306 g/mol. The van der Waals surface area contributed by atoms with Gasteiger partial charge < -0.3 is 4.74 Å². The summed E-state index contributed by atoms with van der Waals surface area (Å²) >= 11 is 0. The summed E-state index contributed by atoms with van der Waals surface area (Å²) in [6.07, 6.45) is 1.52. The van der Waals surface area contributed by atoms with Crippen molar-refractivity contribution in [1.29, 1.82) is 10.5 Å². The van der Waals surface area contributed by atoms with E-state index in [9.17, 15) is 14.9 Å². The van der Waals surface area contributed by atoms with Crippen LogP contribution < -0.4 is 4.90 Å². The predicted octanol–water partition coefficient (Wildman–Crippen LogP) is 1.88. The van der Waals surface area contributed by atoms with Crippen LogP contribution >= 0.6 is 0 Å². The molecule has 3 heterocycles. The molecule has 1 unspecified atom stereocenters. The number of hydrogen-bond acceptors (Lipinski definition) is 5. The lowest BCUT2D eigenvalue weighted by Gasteiger charge is -2.27. The number of nitrogens with zero attached hydrogens (tertiary/aromatic N) is 3. The number of anilines is 1. The van der Waals surface area contributed by atoms with E-state index in [0.717, 1.165) is 12.8 Å². The normalized spacial score (nSPS) is 36.6. The molecule has 0 saturated carbocycles. The fourth-order valence-electron chi connectivity index (χ4n) is 4.58. The van der Waals surface area contributed by atoms with Crippen LogP contribution in [0.25, 0.3) is 0 Å². The maximum Gasteiger partial charge on any atom is 0.240 e. The Balaban J connectivity index is 1.80. The second-order valence-electron chi connectivity index (χ2n) is 7.15. The van der Waals surface area contributed by atoms with Gasteiger partial charge >= 0.3 is 0 Å². The van der Waals surface area contributed by atoms with Crippen molar-refractivity contribution in [3.05, 3.63) is 29.3 Å². The molecule has 3 aliphatic heterocycles. The van der Waals surface area contributed by atoms with Crippen LogP contribution in [-0.2, 0) is 14.3 Å². The molecule has 1 aromatic carbocycles. The molecular formula is C18H15N3O3. The van der Waals surface area contributed by atoms with Gasteiger partial charge in [-0.2, -0.15) is 10.5 Å². The van der Waals surface area contributed by atoms with Crippen LogP contribution in [0.4, 0.5) is 5.69 Å². The number of carbonyl (C=O) groups is 2. The van der Waals surface area contributed by atoms with E-state index in [4.69, 9.17) is 10.00 Å². The molecule has 3 saturated heterocycles. The lowest BCUT2D eigenvalue weighted by Crippen LogP contribution is -2.40. The zero-order valence-electron chi connectivity index (χ0n) is 13.4. The van der Waals surface area contributed by atoms with E-state index < -0.39 is 23.0 Å². The van der Waals surface area contributed by atoms with E-state index in [1.54, 1.807) is 6.07 Å². The first-order chi connectivity index (χ1) is 11.3. The summed E-state index contributed by atoms with van der Waals surface area (Å²) in [5.74, 6) is -1.51. The minimum absolute atomic E-state index is 0.157. The average molecular weight is 321 g/mol. The first kappa shape index (κ1) is 14.9. The van der Waals surface area contributed by atoms with Gasteiger partial charge in [-0.05, 0) is 44.9 Å². The van der Waals surface area contributed by atoms with E-state index in [2.05, 4.69) is 0 Å². The Morgan fingerprint density at radius 2 is 1.58 bits per heavy atom. The topological polar surface area (TPSA) is 94.2 Å². The largest absolute Gasteiger partial charge is 0.367 e. The molecule has 0 aliphatic carbocycles. The van der Waals surface area contributed by atoms with Crippen LogP contribution in [0, 0.1) is 34.5 Å². The number of carbonyl (C=O) groups excluding carboxylic acids is 2. The summed E-state index contributed by atoms with van der Waals surface area (Å²) in [4.78, 5) is 27.1. The highest BCUT2D eigenvalue weighted by atomic mass is 16.5. The SMILES string of the molecule is C[C@]12CC[C@](C)(O1)C1C(=O)N(c3ccc(C#N)c(C#N)c3)C(=O)[C@H]12. The van der Waals surface area contributed by atoms with E-state index in [0.29, 0.717) is 5.69 Å². The molecule has 24 heavy (non-hydrogen) atoms. The summed E-state index contributed by atoms with van der Waals surface area (Å²) in [6, 6.07) is 8.32. The van der Waals surface area contributed by atoms with Gasteiger partial charge in [0.05, 0.1) is 39.9 Å². The van der Waals surface area contributed by atoms with Gasteiger partial charge in [-0.3, -0.25) is 9.59 Å². The molecule has 4 rings (SSSR count). The molecule has 120 valence electrons. The van der Waals surface area contributed by atoms with Gasteiger partial charge in [-0.25, -0.2) is 4.90 Å². The molecule has 0 radical (unpaired) electrons. The summed E-state index contributed by atoms with van der Waals surface area (Å²) in [6.45, 7) is 3.80. The van der Waals surface area contributed by atoms with Crippen molar-refractivity contribution in [2.24, 2.45) is 11.8 Å². The number of hydrogen-bond donors (Lipinski definition) is 0. The second kappa shape index (κ2) is 4.43. The Hall–Kier alpha value is -2.70. The average Bonchev–Trinajstić information content (AvgIpc) is 3.11. The highest BCUT2D eigenvalue weighted by Crippen LogP contribution is 2.60. The number of nitriles is 2. The van der Waals surface area contributed by atoms with Crippen molar-refractivity contribution in [3.63, 3.8) is 0 Å². The maximum absolute atomic E-state index is 13.0. The minimum atomic E-state index is -0.606. The third kappa shape index (κ3) is 1.61. The zero-order chi connectivity index (χ0) is 17.3. The van der Waals surface area contributed by atoms with Crippen LogP contribution in [0.1, 0.15) is 37.8 Å². The monoisotopic (exact) mass is 321 g/mol. The molecule has 0 spiro atoms. The minimum Gasteiger partial charge on any atom is -0.367 e. The molecule has 6 heteroatoms. The van der Waals surface area contributed by atoms with E-state index in [1.165, 1.54) is 17.0 Å². The van der Waals surface area contributed by atoms with Crippen molar-refractivity contribution < 1.29 is 14.3 Å². The Morgan fingerprint density at radius 3 is 2.08 bits per heavy atom. The number of ether oxygens (including phenoxy) is 1. The molecule has 6 nitrogen and oxygen atoms in total. The lowest BCUT2D eigenvalue weighted by molar-refractivity contribution is -0.129. The molecule has 0 aromatic heterocycles. The summed E-state index contributed by atoms with van der Waals surface area (Å²) in [7, 11) is 0. The fourth-order valence-corrected chi connectivity index (χ4v) is 4.58. The van der Waals surface area contributed by atoms with Crippen molar-refractivity contribution in [1.82, 2.24) is 0 Å². The number of fused-ring (bicyclic) bond motifs is 5. The molecule has 0 N–H and O–H groups in total. The van der Waals surface area contributed by atoms with E-state index >= 15 is 0 Å². The number of imide groups is 1. The molecule has 3 aliphatic rings. The van der Waals surface area contributed by atoms with Gasteiger partial charge in [0.25, 0.3) is 0 Å². The molecule has 1 aromatic rings. The quantitative estimate of drug-likeness (QED) is 0.736. The first-order valence-corrected chi connectivity index (χ1v) is 7.87. The van der Waals surface area contributed by atoms with Gasteiger partial charge in [-0.15, -0.1) is 0 Å². The predicted molar refractivity (Wildman–Crippen MR) is 82.5 cm³/mol. The van der Waals surface area contributed by atoms with Gasteiger partial charge in [0, 0.05) is 0 Å². The fraction of sp³-hybridized carbons (Fsp3) is 0.444. The smallest absolute Gasteiger partial charge is 0.240 e. The zero-order valence-corrected chi connectivity index (χ0v) is 13.4. The number of benzene rings is 1. The molecule has 4 atom stereocenters. The highest BCUT2D eigenvalue weighted by molar-refractivity contribution is 6.23. The number of rotatable bonds is 1. The Kier molecular flexibility index (Phi) is 2.75. The van der Waals surface area contributed by atoms with Crippen LogP contribution in [0.5, 0.6) is 0 Å². The van der Waals surface area contributed by atoms with E-state index in [-0.39, 0.29) is 22.9 Å². The Labute approximate surface area is 139 Å². The van der Waals surface area contributed by atoms with E-state index in [1.807, 2.05) is 26.0 Å². The standard InChI is InChI=1S/C18H15N3O3/c1-17-5-6-18(2,24-17)14-13(17)15(22)21(16(14)23)12-4-3-10(8-19)11(7-12)9-20/h3-4,7,13-14H,5-6H2,1-2H3/t13-,14?,17+,18-/m0/s1. The van der Waals surface area contributed by atoms with Crippen LogP contribution in [-0.4, -0.2) is 23.0 Å². The lowest BCUT2D eigenvalue weighted by atomic mass is 9.69. The third-order valence-electron chi connectivity index (χ3n) is 5.71. The Bertz CT molecular complexity index is 846. The van der Waals surface area contributed by atoms with Crippen molar-refractivity contribution in [3.8, 4) is 12.1 Å². The summed E-state index contributed by atoms with van der Waals surface area (Å²) in [5, 5.41) is 18.2.